The molecule has 1 aliphatic rings. The molecule has 0 bridgehead atoms. The zero-order valence-electron chi connectivity index (χ0n) is 6.93. The van der Waals surface area contributed by atoms with Gasteiger partial charge in [0.05, 0.1) is 0 Å². The summed E-state index contributed by atoms with van der Waals surface area (Å²) in [5, 5.41) is 0. The van der Waals surface area contributed by atoms with Crippen LogP contribution in [0.15, 0.2) is 0 Å². The Bertz CT molecular complexity index is 120. The first-order chi connectivity index (χ1) is 4.52. The van der Waals surface area contributed by atoms with Crippen molar-refractivity contribution in [3.63, 3.8) is 0 Å². The molecule has 0 aromatic carbocycles. The molecule has 0 aromatic heterocycles. The largest absolute Gasteiger partial charge is 0.328 e. The molecule has 2 atom stereocenters. The van der Waals surface area contributed by atoms with Crippen LogP contribution in [0, 0.1) is 5.41 Å². The molecule has 1 fully saturated rings. The molecule has 0 amide bonds. The maximum Gasteiger partial charge on any atom is 0.00914 e. The maximum absolute atomic E-state index is 5.92. The van der Waals surface area contributed by atoms with Gasteiger partial charge in [0.2, 0.25) is 0 Å². The Morgan fingerprint density at radius 1 is 1.20 bits per heavy atom. The van der Waals surface area contributed by atoms with E-state index in [0.717, 1.165) is 19.3 Å². The normalized spacial score (nSPS) is 39.6. The topological polar surface area (TPSA) is 52.0 Å². The van der Waals surface area contributed by atoms with Gasteiger partial charge in [0, 0.05) is 12.1 Å². The fraction of sp³-hybridized carbons (Fsp3) is 1.00. The van der Waals surface area contributed by atoms with Crippen LogP contribution in [0.3, 0.4) is 0 Å². The minimum atomic E-state index is 0.262. The van der Waals surface area contributed by atoms with E-state index in [1.165, 1.54) is 0 Å². The first-order valence-corrected chi connectivity index (χ1v) is 4.03. The van der Waals surface area contributed by atoms with Crippen LogP contribution in [0.25, 0.3) is 0 Å². The Hall–Kier alpha value is -0.0800. The van der Waals surface area contributed by atoms with Gasteiger partial charge in [0.1, 0.15) is 0 Å². The van der Waals surface area contributed by atoms with Crippen molar-refractivity contribution in [3.05, 3.63) is 0 Å². The second kappa shape index (κ2) is 2.51. The van der Waals surface area contributed by atoms with Crippen molar-refractivity contribution in [2.75, 3.05) is 0 Å². The van der Waals surface area contributed by atoms with Crippen molar-refractivity contribution in [2.45, 2.75) is 45.2 Å². The van der Waals surface area contributed by atoms with E-state index in [0.29, 0.717) is 12.1 Å². The van der Waals surface area contributed by atoms with Crippen molar-refractivity contribution < 1.29 is 0 Å². The average molecular weight is 142 g/mol. The summed E-state index contributed by atoms with van der Waals surface area (Å²) in [6.07, 6.45) is 3.27. The Balaban J connectivity index is 2.55. The van der Waals surface area contributed by atoms with Gasteiger partial charge >= 0.3 is 0 Å². The molecule has 1 rings (SSSR count). The SMILES string of the molecule is CC1(C)CC(N)CCC1N. The summed E-state index contributed by atoms with van der Waals surface area (Å²) in [6.45, 7) is 4.41. The smallest absolute Gasteiger partial charge is 0.00914 e. The summed E-state index contributed by atoms with van der Waals surface area (Å²) in [5.74, 6) is 0. The lowest BCUT2D eigenvalue weighted by atomic mass is 9.72. The summed E-state index contributed by atoms with van der Waals surface area (Å²) in [7, 11) is 0. The third kappa shape index (κ3) is 1.50. The molecule has 0 aromatic rings. The molecule has 0 heterocycles. The highest BCUT2D eigenvalue weighted by Crippen LogP contribution is 2.33. The van der Waals surface area contributed by atoms with Gasteiger partial charge < -0.3 is 11.5 Å². The monoisotopic (exact) mass is 142 g/mol. The van der Waals surface area contributed by atoms with E-state index >= 15 is 0 Å². The van der Waals surface area contributed by atoms with Crippen molar-refractivity contribution in [2.24, 2.45) is 16.9 Å². The highest BCUT2D eigenvalue weighted by molar-refractivity contribution is 4.90. The molecule has 0 saturated heterocycles. The highest BCUT2D eigenvalue weighted by Gasteiger charge is 2.32. The molecule has 2 nitrogen and oxygen atoms in total. The fourth-order valence-corrected chi connectivity index (χ4v) is 1.71. The van der Waals surface area contributed by atoms with Gasteiger partial charge in [-0.2, -0.15) is 0 Å². The first kappa shape index (κ1) is 8.02. The molecular formula is C8H18N2. The third-order valence-corrected chi connectivity index (χ3v) is 2.64. The van der Waals surface area contributed by atoms with Crippen LogP contribution in [0.4, 0.5) is 0 Å². The van der Waals surface area contributed by atoms with Crippen molar-refractivity contribution >= 4 is 0 Å². The predicted octanol–water partition coefficient (Wildman–Crippen LogP) is 0.851. The van der Waals surface area contributed by atoms with E-state index in [1.54, 1.807) is 0 Å². The minimum absolute atomic E-state index is 0.262. The van der Waals surface area contributed by atoms with Gasteiger partial charge in [-0.15, -0.1) is 0 Å². The van der Waals surface area contributed by atoms with Crippen molar-refractivity contribution in [3.8, 4) is 0 Å². The maximum atomic E-state index is 5.92. The van der Waals surface area contributed by atoms with Crippen LogP contribution in [-0.4, -0.2) is 12.1 Å². The lowest BCUT2D eigenvalue weighted by Gasteiger charge is -2.39. The Morgan fingerprint density at radius 2 is 1.80 bits per heavy atom. The molecule has 4 N–H and O–H groups in total. The van der Waals surface area contributed by atoms with E-state index in [1.807, 2.05) is 0 Å². The summed E-state index contributed by atoms with van der Waals surface area (Å²) in [4.78, 5) is 0. The molecule has 0 radical (unpaired) electrons. The Morgan fingerprint density at radius 3 is 2.20 bits per heavy atom. The quantitative estimate of drug-likeness (QED) is 0.527. The van der Waals surface area contributed by atoms with E-state index in [9.17, 15) is 0 Å². The van der Waals surface area contributed by atoms with Crippen LogP contribution in [0.2, 0.25) is 0 Å². The zero-order valence-corrected chi connectivity index (χ0v) is 6.93. The molecule has 2 heteroatoms. The van der Waals surface area contributed by atoms with Crippen LogP contribution < -0.4 is 11.5 Å². The second-order valence-electron chi connectivity index (χ2n) is 4.14. The molecule has 1 aliphatic carbocycles. The van der Waals surface area contributed by atoms with Crippen molar-refractivity contribution in [1.82, 2.24) is 0 Å². The van der Waals surface area contributed by atoms with E-state index in [2.05, 4.69) is 13.8 Å². The van der Waals surface area contributed by atoms with Crippen LogP contribution in [0.5, 0.6) is 0 Å². The van der Waals surface area contributed by atoms with Crippen LogP contribution >= 0.6 is 0 Å². The fourth-order valence-electron chi connectivity index (χ4n) is 1.71. The van der Waals surface area contributed by atoms with E-state index in [4.69, 9.17) is 11.5 Å². The number of hydrogen-bond acceptors (Lipinski definition) is 2. The van der Waals surface area contributed by atoms with Gasteiger partial charge in [-0.25, -0.2) is 0 Å². The third-order valence-electron chi connectivity index (χ3n) is 2.64. The number of hydrogen-bond donors (Lipinski definition) is 2. The molecule has 60 valence electrons. The molecular weight excluding hydrogens is 124 g/mol. The second-order valence-corrected chi connectivity index (χ2v) is 4.14. The summed E-state index contributed by atoms with van der Waals surface area (Å²) in [5.41, 5.74) is 12.0. The molecule has 1 saturated carbocycles. The molecule has 0 aliphatic heterocycles. The van der Waals surface area contributed by atoms with Gasteiger partial charge in [-0.1, -0.05) is 13.8 Å². The number of rotatable bonds is 0. The summed E-state index contributed by atoms with van der Waals surface area (Å²) in [6, 6.07) is 0.738. The lowest BCUT2D eigenvalue weighted by Crippen LogP contribution is -2.46. The molecule has 2 unspecified atom stereocenters. The van der Waals surface area contributed by atoms with Crippen molar-refractivity contribution in [1.29, 1.82) is 0 Å². The summed E-state index contributed by atoms with van der Waals surface area (Å²) < 4.78 is 0. The van der Waals surface area contributed by atoms with Gasteiger partial charge in [0.25, 0.3) is 0 Å². The Kier molecular flexibility index (Phi) is 2.02. The molecule has 10 heavy (non-hydrogen) atoms. The van der Waals surface area contributed by atoms with Crippen LogP contribution in [-0.2, 0) is 0 Å². The first-order valence-electron chi connectivity index (χ1n) is 4.03. The summed E-state index contributed by atoms with van der Waals surface area (Å²) >= 11 is 0. The van der Waals surface area contributed by atoms with E-state index in [-0.39, 0.29) is 5.41 Å². The van der Waals surface area contributed by atoms with Gasteiger partial charge in [-0.05, 0) is 24.7 Å². The van der Waals surface area contributed by atoms with Gasteiger partial charge in [0.15, 0.2) is 0 Å². The van der Waals surface area contributed by atoms with E-state index < -0.39 is 0 Å². The lowest BCUT2D eigenvalue weighted by molar-refractivity contribution is 0.182. The average Bonchev–Trinajstić information content (AvgIpc) is 1.78. The van der Waals surface area contributed by atoms with Crippen LogP contribution in [0.1, 0.15) is 33.1 Å². The number of nitrogens with two attached hydrogens (primary N) is 2. The standard InChI is InChI=1S/C8H18N2/c1-8(2)5-6(9)3-4-7(8)10/h6-7H,3-5,9-10H2,1-2H3. The molecule has 0 spiro atoms. The Labute approximate surface area is 63.0 Å². The highest BCUT2D eigenvalue weighted by atomic mass is 14.7. The van der Waals surface area contributed by atoms with Gasteiger partial charge in [-0.3, -0.25) is 0 Å². The zero-order chi connectivity index (χ0) is 7.78. The minimum Gasteiger partial charge on any atom is -0.328 e. The predicted molar refractivity (Wildman–Crippen MR) is 43.6 cm³/mol.